The van der Waals surface area contributed by atoms with Gasteiger partial charge in [-0.1, -0.05) is 5.57 Å². The monoisotopic (exact) mass is 427 g/mol. The van der Waals surface area contributed by atoms with Crippen LogP contribution in [0.25, 0.3) is 0 Å². The summed E-state index contributed by atoms with van der Waals surface area (Å²) in [5, 5.41) is 14.7. The number of ether oxygens (including phenoxy) is 1. The number of amides is 2. The van der Waals surface area contributed by atoms with Gasteiger partial charge in [0.05, 0.1) is 36.6 Å². The fourth-order valence-electron chi connectivity index (χ4n) is 4.28. The molecule has 0 saturated carbocycles. The second-order valence-corrected chi connectivity index (χ2v) is 8.06. The summed E-state index contributed by atoms with van der Waals surface area (Å²) in [6.07, 6.45) is 3.79. The van der Waals surface area contributed by atoms with Crippen LogP contribution in [0.2, 0.25) is 0 Å². The molecular weight excluding hydrogens is 401 g/mol. The maximum atomic E-state index is 14.8. The molecule has 0 radical (unpaired) electrons. The molecule has 0 bridgehead atoms. The summed E-state index contributed by atoms with van der Waals surface area (Å²) < 4.78 is 20.2. The lowest BCUT2D eigenvalue weighted by Gasteiger charge is -2.30. The number of nitrogens with one attached hydrogen (secondary N) is 2. The zero-order valence-electron chi connectivity index (χ0n) is 17.3. The largest absolute Gasteiger partial charge is 0.442 e. The number of anilines is 2. The molecule has 3 aliphatic rings. The predicted octanol–water partition coefficient (Wildman–Crippen LogP) is 2.07. The molecule has 0 aliphatic carbocycles. The van der Waals surface area contributed by atoms with E-state index in [-0.39, 0.29) is 25.0 Å². The summed E-state index contributed by atoms with van der Waals surface area (Å²) in [5.74, 6) is -0.487. The van der Waals surface area contributed by atoms with Gasteiger partial charge < -0.3 is 20.3 Å². The van der Waals surface area contributed by atoms with E-state index in [4.69, 9.17) is 10.00 Å². The van der Waals surface area contributed by atoms with E-state index in [0.29, 0.717) is 24.5 Å². The van der Waals surface area contributed by atoms with Crippen LogP contribution in [0.1, 0.15) is 25.7 Å². The zero-order chi connectivity index (χ0) is 21.8. The fourth-order valence-corrected chi connectivity index (χ4v) is 4.28. The van der Waals surface area contributed by atoms with Crippen molar-refractivity contribution in [1.29, 1.82) is 5.26 Å². The van der Waals surface area contributed by atoms with Crippen molar-refractivity contribution in [3.05, 3.63) is 35.7 Å². The second-order valence-electron chi connectivity index (χ2n) is 8.06. The van der Waals surface area contributed by atoms with Gasteiger partial charge in [-0.3, -0.25) is 9.69 Å². The maximum Gasteiger partial charge on any atom is 0.414 e. The molecule has 164 valence electrons. The highest BCUT2D eigenvalue weighted by molar-refractivity contribution is 5.90. The summed E-state index contributed by atoms with van der Waals surface area (Å²) in [6, 6.07) is 6.60. The molecule has 2 amide bonds. The summed E-state index contributed by atoms with van der Waals surface area (Å²) in [4.78, 5) is 27.8. The van der Waals surface area contributed by atoms with E-state index in [1.807, 2.05) is 11.0 Å². The molecule has 3 aliphatic heterocycles. The van der Waals surface area contributed by atoms with Crippen molar-refractivity contribution in [3.8, 4) is 6.07 Å². The number of carbonyl (C=O) groups excluding carboxylic acids is 2. The first-order valence-electron chi connectivity index (χ1n) is 10.7. The van der Waals surface area contributed by atoms with Gasteiger partial charge in [0.25, 0.3) is 0 Å². The molecule has 3 heterocycles. The number of rotatable bonds is 5. The van der Waals surface area contributed by atoms with Crippen molar-refractivity contribution in [3.63, 3.8) is 0 Å². The van der Waals surface area contributed by atoms with Gasteiger partial charge in [0.15, 0.2) is 0 Å². The third-order valence-corrected chi connectivity index (χ3v) is 6.01. The number of halogens is 1. The molecule has 1 aromatic rings. The van der Waals surface area contributed by atoms with Gasteiger partial charge in [0.2, 0.25) is 5.91 Å². The highest BCUT2D eigenvalue weighted by Gasteiger charge is 2.34. The van der Waals surface area contributed by atoms with E-state index >= 15 is 0 Å². The molecular formula is C22H26FN5O3. The van der Waals surface area contributed by atoms with Crippen LogP contribution in [-0.4, -0.2) is 56.9 Å². The molecule has 1 unspecified atom stereocenters. The number of carbonyl (C=O) groups is 2. The lowest BCUT2D eigenvalue weighted by Crippen LogP contribution is -2.44. The van der Waals surface area contributed by atoms with E-state index in [0.717, 1.165) is 37.8 Å². The Balaban J connectivity index is 1.34. The number of hydrogen-bond donors (Lipinski definition) is 2. The number of nitriles is 1. The van der Waals surface area contributed by atoms with Crippen LogP contribution < -0.4 is 20.4 Å². The Morgan fingerprint density at radius 3 is 2.87 bits per heavy atom. The topological polar surface area (TPSA) is 97.7 Å². The van der Waals surface area contributed by atoms with E-state index < -0.39 is 18.0 Å². The minimum absolute atomic E-state index is 0.0864. The van der Waals surface area contributed by atoms with Crippen LogP contribution in [0.5, 0.6) is 0 Å². The molecule has 3 saturated heterocycles. The first-order valence-corrected chi connectivity index (χ1v) is 10.7. The molecule has 2 N–H and O–H groups in total. The molecule has 0 aromatic heterocycles. The van der Waals surface area contributed by atoms with E-state index in [9.17, 15) is 14.0 Å². The van der Waals surface area contributed by atoms with Crippen LogP contribution in [0.4, 0.5) is 20.6 Å². The second kappa shape index (κ2) is 9.35. The van der Waals surface area contributed by atoms with Crippen LogP contribution >= 0.6 is 0 Å². The van der Waals surface area contributed by atoms with Crippen LogP contribution in [0, 0.1) is 17.1 Å². The van der Waals surface area contributed by atoms with Crippen molar-refractivity contribution >= 4 is 23.4 Å². The van der Waals surface area contributed by atoms with Crippen LogP contribution in [0.3, 0.4) is 0 Å². The molecule has 4 rings (SSSR count). The minimum atomic E-state index is -0.547. The average Bonchev–Trinajstić information content (AvgIpc) is 3.43. The zero-order valence-corrected chi connectivity index (χ0v) is 17.3. The van der Waals surface area contributed by atoms with E-state index in [1.54, 1.807) is 18.2 Å². The van der Waals surface area contributed by atoms with Gasteiger partial charge in [-0.25, -0.2) is 9.18 Å². The van der Waals surface area contributed by atoms with Gasteiger partial charge in [-0.2, -0.15) is 5.26 Å². The highest BCUT2D eigenvalue weighted by atomic mass is 19.1. The standard InChI is InChI=1S/C22H26FN5O3/c23-18-12-16(3-4-20(18)27-10-6-15(5-8-24)7-11-27)28-14-17(31-22(28)30)13-26-21(29)19-2-1-9-25-19/h3-5,12,17,19,25H,1-2,6-7,9-11,13-14H2,(H,26,29)/t17?,19-/m0/s1. The molecule has 1 aromatic carbocycles. The SMILES string of the molecule is N#CC=C1CCN(c2ccc(N3CC(CNC(=O)[C@@H]4CCCN4)OC3=O)cc2F)CC1. The quantitative estimate of drug-likeness (QED) is 0.699. The minimum Gasteiger partial charge on any atom is -0.442 e. The Labute approximate surface area is 180 Å². The van der Waals surface area contributed by atoms with Crippen molar-refractivity contribution in [2.24, 2.45) is 0 Å². The smallest absolute Gasteiger partial charge is 0.414 e. The highest BCUT2D eigenvalue weighted by Crippen LogP contribution is 2.30. The first kappa shape index (κ1) is 21.1. The van der Waals surface area contributed by atoms with Gasteiger partial charge in [0, 0.05) is 19.2 Å². The summed E-state index contributed by atoms with van der Waals surface area (Å²) in [7, 11) is 0. The summed E-state index contributed by atoms with van der Waals surface area (Å²) in [6.45, 7) is 2.61. The van der Waals surface area contributed by atoms with Crippen molar-refractivity contribution < 1.29 is 18.7 Å². The van der Waals surface area contributed by atoms with Gasteiger partial charge >= 0.3 is 6.09 Å². The Kier molecular flexibility index (Phi) is 6.37. The Hall–Kier alpha value is -3.12. The number of benzene rings is 1. The van der Waals surface area contributed by atoms with Crippen molar-refractivity contribution in [2.75, 3.05) is 42.5 Å². The van der Waals surface area contributed by atoms with Crippen LogP contribution in [-0.2, 0) is 9.53 Å². The Morgan fingerprint density at radius 1 is 1.39 bits per heavy atom. The van der Waals surface area contributed by atoms with Gasteiger partial charge in [0.1, 0.15) is 11.9 Å². The Bertz CT molecular complexity index is 912. The number of piperidine rings is 1. The third-order valence-electron chi connectivity index (χ3n) is 6.01. The normalized spacial score (nSPS) is 23.5. The predicted molar refractivity (Wildman–Crippen MR) is 113 cm³/mol. The number of nitrogens with zero attached hydrogens (tertiary/aromatic N) is 3. The van der Waals surface area contributed by atoms with E-state index in [1.165, 1.54) is 11.0 Å². The summed E-state index contributed by atoms with van der Waals surface area (Å²) >= 11 is 0. The van der Waals surface area contributed by atoms with E-state index in [2.05, 4.69) is 10.6 Å². The molecule has 2 atom stereocenters. The van der Waals surface area contributed by atoms with Crippen molar-refractivity contribution in [2.45, 2.75) is 37.8 Å². The molecule has 3 fully saturated rings. The summed E-state index contributed by atoms with van der Waals surface area (Å²) in [5.41, 5.74) is 2.00. The first-order chi connectivity index (χ1) is 15.0. The number of hydrogen-bond acceptors (Lipinski definition) is 6. The van der Waals surface area contributed by atoms with Gasteiger partial charge in [-0.15, -0.1) is 0 Å². The Morgan fingerprint density at radius 2 is 2.19 bits per heavy atom. The number of cyclic esters (lactones) is 1. The average molecular weight is 427 g/mol. The third kappa shape index (κ3) is 4.80. The maximum absolute atomic E-state index is 14.8. The van der Waals surface area contributed by atoms with Gasteiger partial charge in [-0.05, 0) is 50.4 Å². The van der Waals surface area contributed by atoms with Crippen LogP contribution in [0.15, 0.2) is 29.8 Å². The molecule has 31 heavy (non-hydrogen) atoms. The van der Waals surface area contributed by atoms with Crippen molar-refractivity contribution in [1.82, 2.24) is 10.6 Å². The fraction of sp³-hybridized carbons (Fsp3) is 0.500. The lowest BCUT2D eigenvalue weighted by molar-refractivity contribution is -0.123. The molecule has 8 nitrogen and oxygen atoms in total. The lowest BCUT2D eigenvalue weighted by atomic mass is 10.0. The number of allylic oxidation sites excluding steroid dienone is 1. The molecule has 0 spiro atoms. The molecule has 9 heteroatoms.